The molecule has 0 atom stereocenters. The maximum Gasteiger partial charge on any atom is 0.337 e. The molecule has 25 heavy (non-hydrogen) atoms. The van der Waals surface area contributed by atoms with Gasteiger partial charge in [-0.05, 0) is 37.3 Å². The average Bonchev–Trinajstić information content (AvgIpc) is 2.65. The molecule has 0 bridgehead atoms. The number of carbonyl (C=O) groups is 2. The lowest BCUT2D eigenvalue weighted by Gasteiger charge is -2.17. The summed E-state index contributed by atoms with van der Waals surface area (Å²) in [6, 6.07) is 12.5. The number of hydrogen-bond donors (Lipinski definition) is 0. The number of rotatable bonds is 5. The molecule has 0 saturated heterocycles. The van der Waals surface area contributed by atoms with Crippen molar-refractivity contribution in [2.24, 2.45) is 0 Å². The van der Waals surface area contributed by atoms with E-state index in [2.05, 4.69) is 0 Å². The van der Waals surface area contributed by atoms with Crippen molar-refractivity contribution in [3.8, 4) is 11.5 Å². The topological polar surface area (TPSA) is 61.8 Å². The predicted molar refractivity (Wildman–Crippen MR) is 92.7 cm³/mol. The number of ketones is 1. The van der Waals surface area contributed by atoms with E-state index >= 15 is 0 Å². The first-order valence-electron chi connectivity index (χ1n) is 7.86. The number of carbonyl (C=O) groups excluding carboxylic acids is 2. The minimum absolute atomic E-state index is 0.0160. The Morgan fingerprint density at radius 3 is 2.72 bits per heavy atom. The molecule has 2 aromatic rings. The van der Waals surface area contributed by atoms with E-state index in [4.69, 9.17) is 14.2 Å². The van der Waals surface area contributed by atoms with Crippen molar-refractivity contribution in [2.45, 2.75) is 13.5 Å². The van der Waals surface area contributed by atoms with Crippen LogP contribution in [0.4, 0.5) is 0 Å². The summed E-state index contributed by atoms with van der Waals surface area (Å²) in [6.07, 6.45) is 1.77. The van der Waals surface area contributed by atoms with E-state index in [0.29, 0.717) is 22.4 Å². The van der Waals surface area contributed by atoms with Crippen molar-refractivity contribution >= 4 is 17.8 Å². The Balaban J connectivity index is 1.74. The average molecular weight is 338 g/mol. The molecule has 1 heterocycles. The molecule has 0 fully saturated rings. The van der Waals surface area contributed by atoms with Gasteiger partial charge in [-0.15, -0.1) is 0 Å². The van der Waals surface area contributed by atoms with Crippen LogP contribution in [0.1, 0.15) is 28.4 Å². The highest BCUT2D eigenvalue weighted by Crippen LogP contribution is 2.27. The van der Waals surface area contributed by atoms with Gasteiger partial charge in [-0.1, -0.05) is 18.2 Å². The fourth-order valence-corrected chi connectivity index (χ4v) is 2.58. The maximum atomic E-state index is 12.3. The third-order valence-corrected chi connectivity index (χ3v) is 3.94. The summed E-state index contributed by atoms with van der Waals surface area (Å²) in [5.74, 6) is 0.798. The van der Waals surface area contributed by atoms with Gasteiger partial charge in [-0.3, -0.25) is 4.79 Å². The molecular formula is C20H18O5. The summed E-state index contributed by atoms with van der Waals surface area (Å²) < 4.78 is 16.2. The molecule has 3 rings (SSSR count). The molecule has 0 aliphatic carbocycles. The smallest absolute Gasteiger partial charge is 0.337 e. The van der Waals surface area contributed by atoms with Gasteiger partial charge in [0.15, 0.2) is 5.78 Å². The summed E-state index contributed by atoms with van der Waals surface area (Å²) >= 11 is 0. The predicted octanol–water partition coefficient (Wildman–Crippen LogP) is 3.42. The van der Waals surface area contributed by atoms with Crippen LogP contribution in [0, 0.1) is 0 Å². The highest BCUT2D eigenvalue weighted by atomic mass is 16.5. The van der Waals surface area contributed by atoms with Gasteiger partial charge in [0.05, 0.1) is 12.7 Å². The van der Waals surface area contributed by atoms with Gasteiger partial charge in [0.2, 0.25) is 0 Å². The zero-order chi connectivity index (χ0) is 17.8. The second-order valence-corrected chi connectivity index (χ2v) is 5.66. The molecule has 5 nitrogen and oxygen atoms in total. The molecule has 0 spiro atoms. The highest BCUT2D eigenvalue weighted by molar-refractivity contribution is 5.95. The van der Waals surface area contributed by atoms with Gasteiger partial charge in [0.25, 0.3) is 0 Å². The van der Waals surface area contributed by atoms with Gasteiger partial charge in [-0.25, -0.2) is 4.79 Å². The van der Waals surface area contributed by atoms with E-state index in [1.165, 1.54) is 14.0 Å². The zero-order valence-electron chi connectivity index (χ0n) is 14.1. The Hall–Kier alpha value is -3.08. The van der Waals surface area contributed by atoms with Gasteiger partial charge in [-0.2, -0.15) is 0 Å². The minimum atomic E-state index is -0.454. The Morgan fingerprint density at radius 2 is 1.96 bits per heavy atom. The number of ether oxygens (including phenoxy) is 3. The highest BCUT2D eigenvalue weighted by Gasteiger charge is 2.19. The normalized spacial score (nSPS) is 12.5. The van der Waals surface area contributed by atoms with Crippen LogP contribution in [0.25, 0.3) is 6.08 Å². The van der Waals surface area contributed by atoms with Gasteiger partial charge in [0.1, 0.15) is 24.7 Å². The fraction of sp³-hybridized carbons (Fsp3) is 0.200. The first kappa shape index (κ1) is 16.8. The molecule has 5 heteroatoms. The fourth-order valence-electron chi connectivity index (χ4n) is 2.58. The number of hydrogen-bond acceptors (Lipinski definition) is 5. The van der Waals surface area contributed by atoms with Crippen molar-refractivity contribution < 1.29 is 23.8 Å². The van der Waals surface area contributed by atoms with E-state index in [-0.39, 0.29) is 19.0 Å². The van der Waals surface area contributed by atoms with Crippen LogP contribution in [-0.4, -0.2) is 25.5 Å². The molecule has 0 amide bonds. The Bertz CT molecular complexity index is 851. The van der Waals surface area contributed by atoms with Crippen molar-refractivity contribution in [2.75, 3.05) is 13.7 Å². The quantitative estimate of drug-likeness (QED) is 0.617. The second kappa shape index (κ2) is 7.21. The lowest BCUT2D eigenvalue weighted by atomic mass is 10.1. The molecular weight excluding hydrogens is 320 g/mol. The van der Waals surface area contributed by atoms with Crippen molar-refractivity contribution in [3.63, 3.8) is 0 Å². The van der Waals surface area contributed by atoms with Crippen LogP contribution >= 0.6 is 0 Å². The summed E-state index contributed by atoms with van der Waals surface area (Å²) in [7, 11) is 1.53. The summed E-state index contributed by atoms with van der Waals surface area (Å²) in [4.78, 5) is 23.8. The standard InChI is InChI=1S/C20H18O5/c1-13(21)14-7-8-18(23-2)16(9-14)11-25-20(22)17-10-15-5-3-4-6-19(15)24-12-17/h3-10H,11-12H2,1-2H3. The number of esters is 1. The van der Waals surface area contributed by atoms with Crippen LogP contribution in [0.15, 0.2) is 48.0 Å². The lowest BCUT2D eigenvalue weighted by Crippen LogP contribution is -2.17. The number of para-hydroxylation sites is 1. The van der Waals surface area contributed by atoms with E-state index in [1.54, 1.807) is 24.3 Å². The number of benzene rings is 2. The molecule has 128 valence electrons. The van der Waals surface area contributed by atoms with Crippen LogP contribution in [0.2, 0.25) is 0 Å². The SMILES string of the molecule is COc1ccc(C(C)=O)cc1COC(=O)C1=Cc2ccccc2OC1. The Labute approximate surface area is 145 Å². The molecule has 1 aliphatic rings. The lowest BCUT2D eigenvalue weighted by molar-refractivity contribution is -0.140. The van der Waals surface area contributed by atoms with Gasteiger partial charge in [0, 0.05) is 16.7 Å². The van der Waals surface area contributed by atoms with E-state index < -0.39 is 5.97 Å². The number of fused-ring (bicyclic) bond motifs is 1. The van der Waals surface area contributed by atoms with Crippen molar-refractivity contribution in [1.29, 1.82) is 0 Å². The summed E-state index contributed by atoms with van der Waals surface area (Å²) in [6.45, 7) is 1.67. The molecule has 0 unspecified atom stereocenters. The van der Waals surface area contributed by atoms with Crippen LogP contribution in [0.5, 0.6) is 11.5 Å². The van der Waals surface area contributed by atoms with E-state index in [1.807, 2.05) is 24.3 Å². The van der Waals surface area contributed by atoms with Crippen LogP contribution in [0.3, 0.4) is 0 Å². The molecule has 0 radical (unpaired) electrons. The maximum absolute atomic E-state index is 12.3. The van der Waals surface area contributed by atoms with Crippen LogP contribution in [-0.2, 0) is 16.1 Å². The Morgan fingerprint density at radius 1 is 1.16 bits per heavy atom. The first-order valence-corrected chi connectivity index (χ1v) is 7.86. The van der Waals surface area contributed by atoms with Crippen LogP contribution < -0.4 is 9.47 Å². The minimum Gasteiger partial charge on any atom is -0.496 e. The summed E-state index contributed by atoms with van der Waals surface area (Å²) in [5, 5.41) is 0. The molecule has 0 aromatic heterocycles. The van der Waals surface area contributed by atoms with Crippen molar-refractivity contribution in [3.05, 3.63) is 64.7 Å². The van der Waals surface area contributed by atoms with E-state index in [0.717, 1.165) is 11.3 Å². The second-order valence-electron chi connectivity index (χ2n) is 5.66. The monoisotopic (exact) mass is 338 g/mol. The summed E-state index contributed by atoms with van der Waals surface area (Å²) in [5.41, 5.74) is 2.47. The molecule has 0 saturated carbocycles. The zero-order valence-corrected chi connectivity index (χ0v) is 14.1. The largest absolute Gasteiger partial charge is 0.496 e. The third-order valence-electron chi connectivity index (χ3n) is 3.94. The molecule has 0 N–H and O–H groups in total. The third kappa shape index (κ3) is 3.71. The molecule has 2 aromatic carbocycles. The molecule has 1 aliphatic heterocycles. The number of methoxy groups -OCH3 is 1. The number of Topliss-reactive ketones (excluding diaryl/α,β-unsaturated/α-hetero) is 1. The van der Waals surface area contributed by atoms with Crippen molar-refractivity contribution in [1.82, 2.24) is 0 Å². The van der Waals surface area contributed by atoms with E-state index in [9.17, 15) is 9.59 Å². The van der Waals surface area contributed by atoms with Gasteiger partial charge < -0.3 is 14.2 Å². The van der Waals surface area contributed by atoms with Gasteiger partial charge >= 0.3 is 5.97 Å². The Kier molecular flexibility index (Phi) is 4.84. The first-order chi connectivity index (χ1) is 12.1.